The molecule has 7 heteroatoms. The van der Waals surface area contributed by atoms with Gasteiger partial charge in [0.05, 0.1) is 19.3 Å². The second kappa shape index (κ2) is 11.9. The molecular formula is C21H34IN3O3. The van der Waals surface area contributed by atoms with Crippen LogP contribution in [-0.4, -0.2) is 57.1 Å². The topological polar surface area (TPSA) is 75.1 Å². The van der Waals surface area contributed by atoms with Gasteiger partial charge < -0.3 is 25.2 Å². The molecule has 28 heavy (non-hydrogen) atoms. The second-order valence-electron chi connectivity index (χ2n) is 7.60. The van der Waals surface area contributed by atoms with E-state index in [1.54, 1.807) is 0 Å². The predicted molar refractivity (Wildman–Crippen MR) is 122 cm³/mol. The van der Waals surface area contributed by atoms with E-state index in [1.165, 1.54) is 5.56 Å². The zero-order valence-corrected chi connectivity index (χ0v) is 19.1. The first-order valence-corrected chi connectivity index (χ1v) is 10.1. The number of benzene rings is 1. The number of nitrogens with one attached hydrogen (secondary N) is 2. The second-order valence-corrected chi connectivity index (χ2v) is 7.60. The van der Waals surface area contributed by atoms with Crippen molar-refractivity contribution in [1.82, 2.24) is 10.6 Å². The van der Waals surface area contributed by atoms with Crippen LogP contribution in [0.1, 0.15) is 37.9 Å². The molecule has 0 radical (unpaired) electrons. The van der Waals surface area contributed by atoms with E-state index < -0.39 is 0 Å². The minimum Gasteiger partial charge on any atom is -0.396 e. The van der Waals surface area contributed by atoms with Gasteiger partial charge in [0, 0.05) is 44.2 Å². The van der Waals surface area contributed by atoms with Gasteiger partial charge in [-0.25, -0.2) is 0 Å². The highest BCUT2D eigenvalue weighted by Crippen LogP contribution is 2.34. The Morgan fingerprint density at radius 1 is 1.25 bits per heavy atom. The van der Waals surface area contributed by atoms with Crippen molar-refractivity contribution in [3.8, 4) is 0 Å². The maximum atomic E-state index is 9.40. The molecular weight excluding hydrogens is 469 g/mol. The summed E-state index contributed by atoms with van der Waals surface area (Å²) < 4.78 is 11.6. The molecule has 2 saturated heterocycles. The van der Waals surface area contributed by atoms with Crippen LogP contribution in [0, 0.1) is 11.3 Å². The quantitative estimate of drug-likeness (QED) is 0.289. The summed E-state index contributed by atoms with van der Waals surface area (Å²) in [5.41, 5.74) is 1.22. The fourth-order valence-electron chi connectivity index (χ4n) is 3.96. The molecule has 0 bridgehead atoms. The Labute approximate surface area is 185 Å². The minimum atomic E-state index is -0.0276. The van der Waals surface area contributed by atoms with Gasteiger partial charge in [0.2, 0.25) is 0 Å². The lowest BCUT2D eigenvalue weighted by atomic mass is 9.84. The lowest BCUT2D eigenvalue weighted by Gasteiger charge is -2.25. The van der Waals surface area contributed by atoms with Crippen LogP contribution in [0.2, 0.25) is 0 Å². The molecule has 158 valence electrons. The van der Waals surface area contributed by atoms with E-state index in [9.17, 15) is 5.11 Å². The van der Waals surface area contributed by atoms with Gasteiger partial charge in [-0.3, -0.25) is 4.99 Å². The fourth-order valence-corrected chi connectivity index (χ4v) is 3.96. The first-order valence-electron chi connectivity index (χ1n) is 10.1. The Balaban J connectivity index is 0.00000280. The number of hydrogen-bond donors (Lipinski definition) is 3. The molecule has 6 nitrogen and oxygen atoms in total. The highest BCUT2D eigenvalue weighted by atomic mass is 127. The molecule has 1 aromatic rings. The van der Waals surface area contributed by atoms with Crippen molar-refractivity contribution < 1.29 is 14.6 Å². The van der Waals surface area contributed by atoms with Crippen LogP contribution >= 0.6 is 24.0 Å². The summed E-state index contributed by atoms with van der Waals surface area (Å²) in [6, 6.07) is 10.5. The van der Waals surface area contributed by atoms with Gasteiger partial charge in [0.15, 0.2) is 5.96 Å². The zero-order valence-electron chi connectivity index (χ0n) is 16.7. The monoisotopic (exact) mass is 503 g/mol. The number of hydrogen-bond acceptors (Lipinski definition) is 4. The number of halogens is 1. The summed E-state index contributed by atoms with van der Waals surface area (Å²) in [6.45, 7) is 6.82. The van der Waals surface area contributed by atoms with Gasteiger partial charge >= 0.3 is 0 Å². The third kappa shape index (κ3) is 6.30. The van der Waals surface area contributed by atoms with Crippen LogP contribution in [0.4, 0.5) is 0 Å². The van der Waals surface area contributed by atoms with Crippen molar-refractivity contribution in [1.29, 1.82) is 0 Å². The number of aliphatic imine (C=N–C) groups is 1. The standard InChI is InChI=1S/C21H33N3O3.HI/c1-2-22-20(24-15-21(9-11-25)10-13-26-16-21)23-14-18-8-12-27-19(18)17-6-4-3-5-7-17;/h3-7,18-19,25H,2,8-16H2,1H3,(H2,22,23,24);1H. The van der Waals surface area contributed by atoms with E-state index in [4.69, 9.17) is 14.5 Å². The molecule has 1 aromatic carbocycles. The average molecular weight is 503 g/mol. The molecule has 0 spiro atoms. The Kier molecular flexibility index (Phi) is 9.98. The molecule has 3 rings (SSSR count). The maximum Gasteiger partial charge on any atom is 0.191 e. The Bertz CT molecular complexity index is 594. The number of ether oxygens (including phenoxy) is 2. The van der Waals surface area contributed by atoms with E-state index >= 15 is 0 Å². The van der Waals surface area contributed by atoms with E-state index in [-0.39, 0.29) is 42.1 Å². The third-order valence-corrected chi connectivity index (χ3v) is 5.62. The smallest absolute Gasteiger partial charge is 0.191 e. The molecule has 0 aromatic heterocycles. The number of aliphatic hydroxyl groups excluding tert-OH is 1. The minimum absolute atomic E-state index is 0. The highest BCUT2D eigenvalue weighted by Gasteiger charge is 2.34. The van der Waals surface area contributed by atoms with E-state index in [1.807, 2.05) is 6.07 Å². The van der Waals surface area contributed by atoms with E-state index in [0.29, 0.717) is 19.1 Å². The van der Waals surface area contributed by atoms with Crippen molar-refractivity contribution >= 4 is 29.9 Å². The summed E-state index contributed by atoms with van der Waals surface area (Å²) in [5.74, 6) is 1.26. The first-order chi connectivity index (χ1) is 13.3. The zero-order chi connectivity index (χ0) is 19.0. The van der Waals surface area contributed by atoms with Crippen molar-refractivity contribution in [2.24, 2.45) is 16.3 Å². The average Bonchev–Trinajstić information content (AvgIpc) is 3.35. The number of aliphatic hydroxyl groups is 1. The number of nitrogens with zero attached hydrogens (tertiary/aromatic N) is 1. The van der Waals surface area contributed by atoms with Gasteiger partial charge in [0.25, 0.3) is 0 Å². The van der Waals surface area contributed by atoms with Crippen LogP contribution < -0.4 is 10.6 Å². The molecule has 2 heterocycles. The van der Waals surface area contributed by atoms with Gasteiger partial charge in [-0.05, 0) is 31.7 Å². The molecule has 3 atom stereocenters. The van der Waals surface area contributed by atoms with Gasteiger partial charge in [-0.1, -0.05) is 30.3 Å². The summed E-state index contributed by atoms with van der Waals surface area (Å²) >= 11 is 0. The first kappa shape index (κ1) is 23.4. The summed E-state index contributed by atoms with van der Waals surface area (Å²) in [7, 11) is 0. The Hall–Kier alpha value is -0.900. The fraction of sp³-hybridized carbons (Fsp3) is 0.667. The lowest BCUT2D eigenvalue weighted by molar-refractivity contribution is 0.0915. The van der Waals surface area contributed by atoms with E-state index in [2.05, 4.69) is 41.8 Å². The van der Waals surface area contributed by atoms with Crippen LogP contribution in [0.25, 0.3) is 0 Å². The summed E-state index contributed by atoms with van der Waals surface area (Å²) in [5, 5.41) is 16.2. The van der Waals surface area contributed by atoms with Gasteiger partial charge in [0.1, 0.15) is 0 Å². The Morgan fingerprint density at radius 2 is 2.07 bits per heavy atom. The van der Waals surface area contributed by atoms with Gasteiger partial charge in [-0.15, -0.1) is 24.0 Å². The summed E-state index contributed by atoms with van der Waals surface area (Å²) in [4.78, 5) is 4.81. The van der Waals surface area contributed by atoms with Crippen molar-refractivity contribution in [2.45, 2.75) is 32.3 Å². The van der Waals surface area contributed by atoms with Crippen LogP contribution in [-0.2, 0) is 9.47 Å². The maximum absolute atomic E-state index is 9.40. The van der Waals surface area contributed by atoms with Crippen molar-refractivity contribution in [2.75, 3.05) is 46.1 Å². The molecule has 3 N–H and O–H groups in total. The van der Waals surface area contributed by atoms with Crippen LogP contribution in [0.3, 0.4) is 0 Å². The largest absolute Gasteiger partial charge is 0.396 e. The highest BCUT2D eigenvalue weighted by molar-refractivity contribution is 14.0. The van der Waals surface area contributed by atoms with E-state index in [0.717, 1.165) is 51.5 Å². The number of rotatable bonds is 8. The molecule has 0 aliphatic carbocycles. The lowest BCUT2D eigenvalue weighted by Crippen LogP contribution is -2.41. The third-order valence-electron chi connectivity index (χ3n) is 5.62. The van der Waals surface area contributed by atoms with Crippen molar-refractivity contribution in [3.05, 3.63) is 35.9 Å². The Morgan fingerprint density at radius 3 is 2.75 bits per heavy atom. The van der Waals surface area contributed by atoms with Gasteiger partial charge in [-0.2, -0.15) is 0 Å². The molecule has 0 amide bonds. The van der Waals surface area contributed by atoms with Crippen LogP contribution in [0.15, 0.2) is 35.3 Å². The number of guanidine groups is 1. The molecule has 2 aliphatic heterocycles. The SMILES string of the molecule is CCNC(=NCC1(CCO)CCOC1)NCC1CCOC1c1ccccc1.I. The normalized spacial score (nSPS) is 27.4. The predicted octanol–water partition coefficient (Wildman–Crippen LogP) is 2.73. The molecule has 2 fully saturated rings. The molecule has 2 aliphatic rings. The molecule has 3 unspecified atom stereocenters. The summed E-state index contributed by atoms with van der Waals surface area (Å²) in [6.07, 6.45) is 2.89. The van der Waals surface area contributed by atoms with Crippen LogP contribution in [0.5, 0.6) is 0 Å². The van der Waals surface area contributed by atoms with Crippen molar-refractivity contribution in [3.63, 3.8) is 0 Å². The molecule has 0 saturated carbocycles.